The first kappa shape index (κ1) is 17.9. The van der Waals surface area contributed by atoms with Gasteiger partial charge in [0.1, 0.15) is 0 Å². The third kappa shape index (κ3) is 4.37. The minimum Gasteiger partial charge on any atom is -0.462 e. The summed E-state index contributed by atoms with van der Waals surface area (Å²) in [4.78, 5) is 28.3. The van der Waals surface area contributed by atoms with E-state index in [0.29, 0.717) is 29.2 Å². The monoisotopic (exact) mass is 369 g/mol. The highest BCUT2D eigenvalue weighted by atomic mass is 32.1. The molecule has 0 unspecified atom stereocenters. The van der Waals surface area contributed by atoms with E-state index >= 15 is 0 Å². The van der Waals surface area contributed by atoms with Crippen molar-refractivity contribution in [2.75, 3.05) is 10.6 Å². The lowest BCUT2D eigenvalue weighted by Crippen LogP contribution is -2.16. The van der Waals surface area contributed by atoms with Gasteiger partial charge in [-0.05, 0) is 36.8 Å². The fraction of sp³-hybridized carbons (Fsp3) is 0.211. The van der Waals surface area contributed by atoms with Crippen molar-refractivity contribution in [3.63, 3.8) is 0 Å². The lowest BCUT2D eigenvalue weighted by molar-refractivity contribution is -0.116. The first-order valence-corrected chi connectivity index (χ1v) is 9.11. The number of hydrogen-bond acceptors (Lipinski definition) is 5. The second-order valence-corrected chi connectivity index (χ2v) is 6.64. The molecule has 2 N–H and O–H groups in total. The number of thiazole rings is 1. The maximum atomic E-state index is 12.4. The smallest absolute Gasteiger partial charge is 0.230 e. The van der Waals surface area contributed by atoms with Gasteiger partial charge in [-0.1, -0.05) is 13.0 Å². The molecule has 0 spiro atoms. The molecule has 2 amide bonds. The molecular weight excluding hydrogens is 350 g/mol. The molecule has 3 rings (SSSR count). The van der Waals surface area contributed by atoms with Crippen molar-refractivity contribution in [2.45, 2.75) is 26.7 Å². The zero-order valence-electron chi connectivity index (χ0n) is 14.5. The highest BCUT2D eigenvalue weighted by molar-refractivity contribution is 7.13. The van der Waals surface area contributed by atoms with Crippen molar-refractivity contribution in [2.24, 2.45) is 0 Å². The van der Waals surface area contributed by atoms with Crippen molar-refractivity contribution < 1.29 is 14.0 Å². The number of amides is 2. The average Bonchev–Trinajstić information content (AvgIpc) is 3.29. The molecule has 0 saturated carbocycles. The largest absolute Gasteiger partial charge is 0.462 e. The molecule has 0 aliphatic heterocycles. The Balaban J connectivity index is 1.66. The number of furan rings is 1. The second-order valence-electron chi connectivity index (χ2n) is 5.78. The van der Waals surface area contributed by atoms with Crippen LogP contribution in [0.15, 0.2) is 46.4 Å². The van der Waals surface area contributed by atoms with Crippen LogP contribution in [0.4, 0.5) is 11.4 Å². The number of nitrogens with zero attached hydrogens (tertiary/aromatic N) is 1. The summed E-state index contributed by atoms with van der Waals surface area (Å²) in [6, 6.07) is 9.07. The summed E-state index contributed by atoms with van der Waals surface area (Å²) < 4.78 is 5.32. The van der Waals surface area contributed by atoms with Gasteiger partial charge in [-0.3, -0.25) is 9.59 Å². The summed E-state index contributed by atoms with van der Waals surface area (Å²) in [5.74, 6) is 0.458. The topological polar surface area (TPSA) is 84.2 Å². The Bertz CT molecular complexity index is 916. The highest BCUT2D eigenvalue weighted by Gasteiger charge is 2.12. The quantitative estimate of drug-likeness (QED) is 0.681. The Morgan fingerprint density at radius 3 is 2.77 bits per heavy atom. The molecule has 0 aliphatic rings. The normalized spacial score (nSPS) is 10.5. The molecule has 6 nitrogen and oxygen atoms in total. The first-order valence-electron chi connectivity index (χ1n) is 8.23. The molecule has 7 heteroatoms. The molecule has 2 aromatic heterocycles. The fourth-order valence-corrected chi connectivity index (χ4v) is 3.13. The molecule has 2 heterocycles. The number of hydrogen-bond donors (Lipinski definition) is 2. The summed E-state index contributed by atoms with van der Waals surface area (Å²) in [5, 5.41) is 8.27. The van der Waals surface area contributed by atoms with E-state index in [1.807, 2.05) is 30.5 Å². The maximum Gasteiger partial charge on any atom is 0.230 e. The van der Waals surface area contributed by atoms with Gasteiger partial charge in [0.15, 0.2) is 10.8 Å². The molecule has 0 aliphatic carbocycles. The van der Waals surface area contributed by atoms with Gasteiger partial charge in [0, 0.05) is 23.2 Å². The molecule has 0 atom stereocenters. The Hall–Kier alpha value is -2.93. The van der Waals surface area contributed by atoms with Crippen LogP contribution in [0.5, 0.6) is 0 Å². The van der Waals surface area contributed by atoms with Crippen LogP contribution in [-0.2, 0) is 16.0 Å². The third-order valence-electron chi connectivity index (χ3n) is 3.74. The summed E-state index contributed by atoms with van der Waals surface area (Å²) in [6.07, 6.45) is 2.16. The minimum atomic E-state index is -0.164. The lowest BCUT2D eigenvalue weighted by Gasteiger charge is -2.11. The molecule has 134 valence electrons. The number of aromatic nitrogens is 1. The number of carbonyl (C=O) groups is 2. The van der Waals surface area contributed by atoms with Gasteiger partial charge in [-0.2, -0.15) is 0 Å². The predicted molar refractivity (Wildman–Crippen MR) is 102 cm³/mol. The number of rotatable bonds is 6. The number of anilines is 2. The predicted octanol–water partition coefficient (Wildman–Crippen LogP) is 4.24. The van der Waals surface area contributed by atoms with Gasteiger partial charge in [0.25, 0.3) is 0 Å². The standard InChI is InChI=1S/C19H19N3O3S/c1-3-17(23)20-13-7-6-12(2)15(9-13)22-18(24)10-14-11-26-19(21-14)16-5-4-8-25-16/h4-9,11H,3,10H2,1-2H3,(H,20,23)(H,22,24). The van der Waals surface area contributed by atoms with Gasteiger partial charge in [-0.15, -0.1) is 11.3 Å². The number of benzene rings is 1. The van der Waals surface area contributed by atoms with E-state index in [1.54, 1.807) is 25.3 Å². The Labute approximate surface area is 155 Å². The Morgan fingerprint density at radius 1 is 1.19 bits per heavy atom. The Kier molecular flexibility index (Phi) is 5.48. The zero-order valence-corrected chi connectivity index (χ0v) is 15.4. The fourth-order valence-electron chi connectivity index (χ4n) is 2.34. The molecule has 0 fully saturated rings. The van der Waals surface area contributed by atoms with Crippen LogP contribution in [-0.4, -0.2) is 16.8 Å². The summed E-state index contributed by atoms with van der Waals surface area (Å²) in [7, 11) is 0. The number of aryl methyl sites for hydroxylation is 1. The van der Waals surface area contributed by atoms with Gasteiger partial charge in [0.05, 0.1) is 18.4 Å². The van der Waals surface area contributed by atoms with Crippen molar-refractivity contribution in [3.8, 4) is 10.8 Å². The van der Waals surface area contributed by atoms with Crippen LogP contribution in [0.3, 0.4) is 0 Å². The summed E-state index contributed by atoms with van der Waals surface area (Å²) >= 11 is 1.44. The molecule has 26 heavy (non-hydrogen) atoms. The van der Waals surface area contributed by atoms with Crippen LogP contribution < -0.4 is 10.6 Å². The number of carbonyl (C=O) groups excluding carboxylic acids is 2. The van der Waals surface area contributed by atoms with E-state index in [1.165, 1.54) is 11.3 Å². The lowest BCUT2D eigenvalue weighted by atomic mass is 10.1. The van der Waals surface area contributed by atoms with E-state index in [4.69, 9.17) is 4.42 Å². The number of nitrogens with one attached hydrogen (secondary N) is 2. The molecule has 0 bridgehead atoms. The molecule has 0 radical (unpaired) electrons. The van der Waals surface area contributed by atoms with Crippen LogP contribution in [0.25, 0.3) is 10.8 Å². The zero-order chi connectivity index (χ0) is 18.5. The third-order valence-corrected chi connectivity index (χ3v) is 4.65. The SMILES string of the molecule is CCC(=O)Nc1ccc(C)c(NC(=O)Cc2csc(-c3ccco3)n2)c1. The average molecular weight is 369 g/mol. The van der Waals surface area contributed by atoms with Gasteiger partial charge in [-0.25, -0.2) is 4.98 Å². The molecule has 0 saturated heterocycles. The summed E-state index contributed by atoms with van der Waals surface area (Å²) in [6.45, 7) is 3.69. The van der Waals surface area contributed by atoms with Gasteiger partial charge in [0.2, 0.25) is 11.8 Å². The van der Waals surface area contributed by atoms with Crippen LogP contribution >= 0.6 is 11.3 Å². The van der Waals surface area contributed by atoms with Crippen LogP contribution in [0.2, 0.25) is 0 Å². The van der Waals surface area contributed by atoms with E-state index in [-0.39, 0.29) is 18.2 Å². The van der Waals surface area contributed by atoms with Crippen molar-refractivity contribution in [1.29, 1.82) is 0 Å². The van der Waals surface area contributed by atoms with Crippen LogP contribution in [0, 0.1) is 6.92 Å². The molecule has 3 aromatic rings. The Morgan fingerprint density at radius 2 is 2.04 bits per heavy atom. The van der Waals surface area contributed by atoms with E-state index in [0.717, 1.165) is 10.6 Å². The van der Waals surface area contributed by atoms with Crippen molar-refractivity contribution in [3.05, 3.63) is 53.2 Å². The molecular formula is C19H19N3O3S. The molecule has 1 aromatic carbocycles. The van der Waals surface area contributed by atoms with Crippen molar-refractivity contribution in [1.82, 2.24) is 4.98 Å². The van der Waals surface area contributed by atoms with Crippen molar-refractivity contribution >= 4 is 34.5 Å². The van der Waals surface area contributed by atoms with Gasteiger partial charge < -0.3 is 15.1 Å². The van der Waals surface area contributed by atoms with E-state index in [2.05, 4.69) is 15.6 Å². The van der Waals surface area contributed by atoms with Crippen LogP contribution in [0.1, 0.15) is 24.6 Å². The maximum absolute atomic E-state index is 12.4. The minimum absolute atomic E-state index is 0.0703. The second kappa shape index (κ2) is 7.97. The van der Waals surface area contributed by atoms with E-state index < -0.39 is 0 Å². The highest BCUT2D eigenvalue weighted by Crippen LogP contribution is 2.25. The summed E-state index contributed by atoms with van der Waals surface area (Å²) in [5.41, 5.74) is 2.94. The van der Waals surface area contributed by atoms with Gasteiger partial charge >= 0.3 is 0 Å². The van der Waals surface area contributed by atoms with E-state index in [9.17, 15) is 9.59 Å². The first-order chi connectivity index (χ1) is 12.5.